The molecule has 0 aliphatic carbocycles. The maximum absolute atomic E-state index is 12.9. The van der Waals surface area contributed by atoms with Crippen molar-refractivity contribution in [2.24, 2.45) is 0 Å². The summed E-state index contributed by atoms with van der Waals surface area (Å²) in [5, 5.41) is 2.37. The van der Waals surface area contributed by atoms with Gasteiger partial charge in [0.1, 0.15) is 0 Å². The first kappa shape index (κ1) is 14.2. The second-order valence-electron chi connectivity index (χ2n) is 3.56. The highest BCUT2D eigenvalue weighted by molar-refractivity contribution is 6.42. The molecule has 0 unspecified atom stereocenters. The lowest BCUT2D eigenvalue weighted by Gasteiger charge is -2.04. The molecule has 1 rings (SSSR count). The van der Waals surface area contributed by atoms with E-state index >= 15 is 0 Å². The van der Waals surface area contributed by atoms with Gasteiger partial charge in [-0.2, -0.15) is 0 Å². The van der Waals surface area contributed by atoms with Crippen LogP contribution in [0.25, 0.3) is 0 Å². The Morgan fingerprint density at radius 1 is 1.28 bits per heavy atom. The SMILES string of the molecule is COCCCNC(=O)C(=O)c1ccc(F)c(F)c1. The molecule has 0 fully saturated rings. The van der Waals surface area contributed by atoms with E-state index in [9.17, 15) is 18.4 Å². The molecule has 1 aromatic rings. The lowest BCUT2D eigenvalue weighted by Crippen LogP contribution is -2.32. The van der Waals surface area contributed by atoms with Crippen molar-refractivity contribution in [3.05, 3.63) is 35.4 Å². The van der Waals surface area contributed by atoms with Gasteiger partial charge in [-0.05, 0) is 24.6 Å². The van der Waals surface area contributed by atoms with Crippen LogP contribution >= 0.6 is 0 Å². The fourth-order valence-electron chi connectivity index (χ4n) is 1.27. The summed E-state index contributed by atoms with van der Waals surface area (Å²) in [6.45, 7) is 0.738. The van der Waals surface area contributed by atoms with Crippen LogP contribution in [0.5, 0.6) is 0 Å². The molecule has 0 saturated carbocycles. The highest BCUT2D eigenvalue weighted by atomic mass is 19.2. The van der Waals surface area contributed by atoms with Crippen molar-refractivity contribution in [1.82, 2.24) is 5.32 Å². The Morgan fingerprint density at radius 3 is 2.61 bits per heavy atom. The van der Waals surface area contributed by atoms with Crippen molar-refractivity contribution in [3.63, 3.8) is 0 Å². The fourth-order valence-corrected chi connectivity index (χ4v) is 1.27. The molecule has 4 nitrogen and oxygen atoms in total. The van der Waals surface area contributed by atoms with Crippen LogP contribution in [0.1, 0.15) is 16.8 Å². The first-order valence-electron chi connectivity index (χ1n) is 5.32. The Bertz CT molecular complexity index is 449. The molecule has 0 aliphatic heterocycles. The molecule has 98 valence electrons. The average molecular weight is 257 g/mol. The van der Waals surface area contributed by atoms with E-state index in [4.69, 9.17) is 4.74 Å². The molecular weight excluding hydrogens is 244 g/mol. The molecule has 0 aromatic heterocycles. The van der Waals surface area contributed by atoms with Crippen molar-refractivity contribution in [1.29, 1.82) is 0 Å². The Labute approximate surface area is 103 Å². The van der Waals surface area contributed by atoms with Gasteiger partial charge in [-0.3, -0.25) is 9.59 Å². The van der Waals surface area contributed by atoms with Crippen molar-refractivity contribution in [2.75, 3.05) is 20.3 Å². The smallest absolute Gasteiger partial charge is 0.292 e. The van der Waals surface area contributed by atoms with Gasteiger partial charge >= 0.3 is 0 Å². The number of halogens is 2. The number of ketones is 1. The number of benzene rings is 1. The Hall–Kier alpha value is -1.82. The maximum atomic E-state index is 12.9. The van der Waals surface area contributed by atoms with Crippen LogP contribution in [0.3, 0.4) is 0 Å². The molecule has 0 aliphatic rings. The second kappa shape index (κ2) is 6.80. The molecular formula is C12H13F2NO3. The van der Waals surface area contributed by atoms with E-state index in [1.807, 2.05) is 0 Å². The molecule has 0 atom stereocenters. The van der Waals surface area contributed by atoms with Gasteiger partial charge in [-0.1, -0.05) is 0 Å². The number of ether oxygens (including phenoxy) is 1. The summed E-state index contributed by atoms with van der Waals surface area (Å²) in [4.78, 5) is 22.9. The quantitative estimate of drug-likeness (QED) is 0.475. The Kier molecular flexibility index (Phi) is 5.38. The van der Waals surface area contributed by atoms with E-state index in [0.29, 0.717) is 19.1 Å². The van der Waals surface area contributed by atoms with E-state index in [-0.39, 0.29) is 12.1 Å². The van der Waals surface area contributed by atoms with Gasteiger partial charge in [0, 0.05) is 25.8 Å². The summed E-state index contributed by atoms with van der Waals surface area (Å²) in [5.74, 6) is -3.97. The normalized spacial score (nSPS) is 10.2. The Morgan fingerprint density at radius 2 is 2.00 bits per heavy atom. The minimum Gasteiger partial charge on any atom is -0.385 e. The van der Waals surface area contributed by atoms with Gasteiger partial charge in [0.15, 0.2) is 11.6 Å². The van der Waals surface area contributed by atoms with Gasteiger partial charge in [0.2, 0.25) is 5.78 Å². The number of carbonyl (C=O) groups excluding carboxylic acids is 2. The summed E-state index contributed by atoms with van der Waals surface area (Å²) in [6.07, 6.45) is 0.563. The molecule has 0 radical (unpaired) electrons. The molecule has 0 bridgehead atoms. The fraction of sp³-hybridized carbons (Fsp3) is 0.333. The van der Waals surface area contributed by atoms with Crippen LogP contribution in [0.15, 0.2) is 18.2 Å². The number of hydrogen-bond acceptors (Lipinski definition) is 3. The second-order valence-corrected chi connectivity index (χ2v) is 3.56. The van der Waals surface area contributed by atoms with Crippen LogP contribution < -0.4 is 5.32 Å². The van der Waals surface area contributed by atoms with Crippen molar-refractivity contribution >= 4 is 11.7 Å². The monoisotopic (exact) mass is 257 g/mol. The van der Waals surface area contributed by atoms with Crippen molar-refractivity contribution in [3.8, 4) is 0 Å². The number of rotatable bonds is 6. The number of amides is 1. The van der Waals surface area contributed by atoms with Gasteiger partial charge in [0.25, 0.3) is 5.91 Å². The third-order valence-corrected chi connectivity index (χ3v) is 2.20. The summed E-state index contributed by atoms with van der Waals surface area (Å²) in [7, 11) is 1.52. The highest BCUT2D eigenvalue weighted by Gasteiger charge is 2.17. The van der Waals surface area contributed by atoms with Crippen LogP contribution in [0, 0.1) is 11.6 Å². The van der Waals surface area contributed by atoms with E-state index in [1.54, 1.807) is 0 Å². The zero-order valence-corrected chi connectivity index (χ0v) is 9.83. The zero-order valence-electron chi connectivity index (χ0n) is 9.83. The van der Waals surface area contributed by atoms with E-state index < -0.39 is 23.3 Å². The van der Waals surface area contributed by atoms with Crippen LogP contribution in [-0.2, 0) is 9.53 Å². The number of methoxy groups -OCH3 is 1. The standard InChI is InChI=1S/C12H13F2NO3/c1-18-6-2-5-15-12(17)11(16)8-3-4-9(13)10(14)7-8/h3-4,7H,2,5-6H2,1H3,(H,15,17). The highest BCUT2D eigenvalue weighted by Crippen LogP contribution is 2.09. The summed E-state index contributed by atoms with van der Waals surface area (Å²) in [5.41, 5.74) is -0.182. The molecule has 1 N–H and O–H groups in total. The van der Waals surface area contributed by atoms with Crippen LogP contribution in [0.2, 0.25) is 0 Å². The van der Waals surface area contributed by atoms with Crippen LogP contribution in [-0.4, -0.2) is 32.0 Å². The van der Waals surface area contributed by atoms with Crippen molar-refractivity contribution in [2.45, 2.75) is 6.42 Å². The largest absolute Gasteiger partial charge is 0.385 e. The van der Waals surface area contributed by atoms with Crippen molar-refractivity contribution < 1.29 is 23.1 Å². The van der Waals surface area contributed by atoms with E-state index in [1.165, 1.54) is 7.11 Å². The Balaban J connectivity index is 2.57. The van der Waals surface area contributed by atoms with Crippen LogP contribution in [0.4, 0.5) is 8.78 Å². The molecule has 0 saturated heterocycles. The third kappa shape index (κ3) is 3.89. The molecule has 6 heteroatoms. The topological polar surface area (TPSA) is 55.4 Å². The predicted molar refractivity (Wildman–Crippen MR) is 60.2 cm³/mol. The zero-order chi connectivity index (χ0) is 13.5. The predicted octanol–water partition coefficient (Wildman–Crippen LogP) is 1.30. The lowest BCUT2D eigenvalue weighted by molar-refractivity contribution is -0.117. The van der Waals surface area contributed by atoms with Gasteiger partial charge in [0.05, 0.1) is 0 Å². The summed E-state index contributed by atoms with van der Waals surface area (Å²) in [6, 6.07) is 2.57. The summed E-state index contributed by atoms with van der Waals surface area (Å²) >= 11 is 0. The molecule has 0 spiro atoms. The first-order chi connectivity index (χ1) is 8.56. The number of hydrogen-bond donors (Lipinski definition) is 1. The molecule has 1 amide bonds. The van der Waals surface area contributed by atoms with E-state index in [0.717, 1.165) is 12.1 Å². The minimum atomic E-state index is -1.16. The third-order valence-electron chi connectivity index (χ3n) is 2.20. The van der Waals surface area contributed by atoms with Gasteiger partial charge in [-0.15, -0.1) is 0 Å². The number of Topliss-reactive ketones (excluding diaryl/α,β-unsaturated/α-hetero) is 1. The van der Waals surface area contributed by atoms with Gasteiger partial charge < -0.3 is 10.1 Å². The van der Waals surface area contributed by atoms with E-state index in [2.05, 4.69) is 5.32 Å². The minimum absolute atomic E-state index is 0.182. The lowest BCUT2D eigenvalue weighted by atomic mass is 10.1. The van der Waals surface area contributed by atoms with Gasteiger partial charge in [-0.25, -0.2) is 8.78 Å². The maximum Gasteiger partial charge on any atom is 0.292 e. The average Bonchev–Trinajstić information content (AvgIpc) is 2.37. The molecule has 18 heavy (non-hydrogen) atoms. The molecule has 1 aromatic carbocycles. The first-order valence-corrected chi connectivity index (χ1v) is 5.32. The number of nitrogens with one attached hydrogen (secondary N) is 1. The molecule has 0 heterocycles. The number of carbonyl (C=O) groups is 2. The summed E-state index contributed by atoms with van der Waals surface area (Å²) < 4.78 is 30.3.